The van der Waals surface area contributed by atoms with Crippen LogP contribution in [0.3, 0.4) is 0 Å². The van der Waals surface area contributed by atoms with E-state index in [2.05, 4.69) is 10.00 Å². The number of rotatable bonds is 3. The first-order valence-electron chi connectivity index (χ1n) is 9.93. The highest BCUT2D eigenvalue weighted by Crippen LogP contribution is 2.34. The van der Waals surface area contributed by atoms with Gasteiger partial charge in [-0.05, 0) is 49.6 Å². The molecule has 2 N–H and O–H groups in total. The summed E-state index contributed by atoms with van der Waals surface area (Å²) < 4.78 is 15.3. The van der Waals surface area contributed by atoms with Gasteiger partial charge >= 0.3 is 0 Å². The van der Waals surface area contributed by atoms with Crippen molar-refractivity contribution in [2.75, 3.05) is 23.7 Å². The summed E-state index contributed by atoms with van der Waals surface area (Å²) in [7, 11) is 0. The smallest absolute Gasteiger partial charge is 0.228 e. The normalized spacial score (nSPS) is 14.4. The fraction of sp³-hybridized carbons (Fsp3) is 0.227. The maximum Gasteiger partial charge on any atom is 0.228 e. The first-order chi connectivity index (χ1) is 14.6. The zero-order valence-corrected chi connectivity index (χ0v) is 17.0. The van der Waals surface area contributed by atoms with Crippen LogP contribution < -0.4 is 10.6 Å². The fourth-order valence-corrected chi connectivity index (χ4v) is 4.08. The third-order valence-corrected chi connectivity index (χ3v) is 5.58. The number of benzene rings is 2. The Morgan fingerprint density at radius 1 is 0.967 bits per heavy atom. The molecule has 152 valence electrons. The molecule has 0 bridgehead atoms. The minimum Gasteiger partial charge on any atom is -0.383 e. The molecule has 2 aromatic heterocycles. The van der Waals surface area contributed by atoms with E-state index in [4.69, 9.17) is 27.3 Å². The van der Waals surface area contributed by atoms with Gasteiger partial charge in [-0.15, -0.1) is 5.10 Å². The van der Waals surface area contributed by atoms with Gasteiger partial charge in [-0.25, -0.2) is 14.1 Å². The lowest BCUT2D eigenvalue weighted by Gasteiger charge is -2.26. The number of fused-ring (bicyclic) bond motifs is 1. The molecule has 0 spiro atoms. The molecular formula is C22H20ClFN6. The first kappa shape index (κ1) is 18.8. The van der Waals surface area contributed by atoms with Gasteiger partial charge in [0.25, 0.3) is 0 Å². The van der Waals surface area contributed by atoms with Crippen molar-refractivity contribution in [2.24, 2.45) is 0 Å². The number of nitrogens with zero attached hydrogens (tertiary/aromatic N) is 5. The zero-order chi connectivity index (χ0) is 20.7. The second-order valence-electron chi connectivity index (χ2n) is 7.41. The molecule has 0 amide bonds. The highest BCUT2D eigenvalue weighted by atomic mass is 35.5. The number of hydrogen-bond acceptors (Lipinski definition) is 5. The van der Waals surface area contributed by atoms with E-state index in [0.717, 1.165) is 31.5 Å². The van der Waals surface area contributed by atoms with Crippen LogP contribution in [0.25, 0.3) is 28.0 Å². The summed E-state index contributed by atoms with van der Waals surface area (Å²) in [5.74, 6) is 0.624. The van der Waals surface area contributed by atoms with E-state index in [1.807, 2.05) is 24.3 Å². The molecule has 1 aliphatic heterocycles. The molecule has 3 heterocycles. The van der Waals surface area contributed by atoms with Crippen molar-refractivity contribution >= 4 is 34.4 Å². The molecule has 2 aromatic carbocycles. The van der Waals surface area contributed by atoms with E-state index < -0.39 is 0 Å². The Labute approximate surface area is 178 Å². The van der Waals surface area contributed by atoms with Crippen molar-refractivity contribution in [1.82, 2.24) is 19.7 Å². The summed E-state index contributed by atoms with van der Waals surface area (Å²) in [6.07, 6.45) is 3.42. The van der Waals surface area contributed by atoms with Crippen molar-refractivity contribution in [2.45, 2.75) is 19.3 Å². The molecule has 0 atom stereocenters. The van der Waals surface area contributed by atoms with Crippen LogP contribution in [0, 0.1) is 5.82 Å². The summed E-state index contributed by atoms with van der Waals surface area (Å²) in [4.78, 5) is 11.8. The fourth-order valence-electron chi connectivity index (χ4n) is 3.88. The summed E-state index contributed by atoms with van der Waals surface area (Å²) in [5, 5.41) is 5.84. The van der Waals surface area contributed by atoms with Crippen LogP contribution in [0.4, 0.5) is 16.2 Å². The van der Waals surface area contributed by atoms with E-state index in [1.165, 1.54) is 23.2 Å². The van der Waals surface area contributed by atoms with Crippen molar-refractivity contribution in [3.05, 3.63) is 59.4 Å². The Bertz CT molecular complexity index is 1230. The van der Waals surface area contributed by atoms with E-state index in [9.17, 15) is 4.39 Å². The van der Waals surface area contributed by atoms with Gasteiger partial charge < -0.3 is 10.6 Å². The molecule has 1 saturated heterocycles. The third-order valence-electron chi connectivity index (χ3n) is 5.35. The molecule has 0 saturated carbocycles. The van der Waals surface area contributed by atoms with Crippen LogP contribution >= 0.6 is 11.6 Å². The lowest BCUT2D eigenvalue weighted by atomic mass is 10.1. The number of hydrogen-bond donors (Lipinski definition) is 1. The second kappa shape index (κ2) is 7.57. The highest BCUT2D eigenvalue weighted by Gasteiger charge is 2.22. The standard InChI is InChI=1S/C22H20ClFN6/c23-15-7-4-6-14(12-15)19-18-20(25)30(17-9-5-8-16(24)13-17)28-21(18)27-22(26-19)29-10-2-1-3-11-29/h4-9,12-13H,1-3,10-11,25H2. The van der Waals surface area contributed by atoms with Crippen molar-refractivity contribution in [3.63, 3.8) is 0 Å². The van der Waals surface area contributed by atoms with Gasteiger partial charge in [0.1, 0.15) is 11.6 Å². The number of nitrogen functional groups attached to an aromatic ring is 1. The van der Waals surface area contributed by atoms with Crippen molar-refractivity contribution in [1.29, 1.82) is 0 Å². The SMILES string of the molecule is Nc1c2c(-c3cccc(Cl)c3)nc(N3CCCCC3)nc2nn1-c1cccc(F)c1. The zero-order valence-electron chi connectivity index (χ0n) is 16.2. The molecule has 5 rings (SSSR count). The van der Waals surface area contributed by atoms with Crippen molar-refractivity contribution < 1.29 is 4.39 Å². The summed E-state index contributed by atoms with van der Waals surface area (Å²) >= 11 is 6.25. The Hall–Kier alpha value is -3.19. The lowest BCUT2D eigenvalue weighted by Crippen LogP contribution is -2.31. The van der Waals surface area contributed by atoms with Gasteiger partial charge in [0.15, 0.2) is 5.65 Å². The number of piperidine rings is 1. The van der Waals surface area contributed by atoms with Crippen LogP contribution in [-0.2, 0) is 0 Å². The predicted octanol–water partition coefficient (Wildman–Crippen LogP) is 4.85. The van der Waals surface area contributed by atoms with Crippen LogP contribution in [0.5, 0.6) is 0 Å². The van der Waals surface area contributed by atoms with Gasteiger partial charge in [-0.3, -0.25) is 0 Å². The molecule has 1 fully saturated rings. The molecular weight excluding hydrogens is 403 g/mol. The Morgan fingerprint density at radius 3 is 2.53 bits per heavy atom. The molecule has 6 nitrogen and oxygen atoms in total. The van der Waals surface area contributed by atoms with Gasteiger partial charge in [-0.2, -0.15) is 4.98 Å². The highest BCUT2D eigenvalue weighted by molar-refractivity contribution is 6.30. The second-order valence-corrected chi connectivity index (χ2v) is 7.84. The average molecular weight is 423 g/mol. The third kappa shape index (κ3) is 3.35. The summed E-state index contributed by atoms with van der Waals surface area (Å²) in [5.41, 5.74) is 8.98. The van der Waals surface area contributed by atoms with E-state index >= 15 is 0 Å². The number of aromatic nitrogens is 4. The monoisotopic (exact) mass is 422 g/mol. The minimum absolute atomic E-state index is 0.357. The van der Waals surface area contributed by atoms with Gasteiger partial charge in [0, 0.05) is 23.7 Å². The average Bonchev–Trinajstić information content (AvgIpc) is 3.10. The first-order valence-corrected chi connectivity index (χ1v) is 10.3. The largest absolute Gasteiger partial charge is 0.383 e. The topological polar surface area (TPSA) is 72.9 Å². The van der Waals surface area contributed by atoms with Gasteiger partial charge in [-0.1, -0.05) is 29.8 Å². The van der Waals surface area contributed by atoms with Crippen molar-refractivity contribution in [3.8, 4) is 16.9 Å². The number of nitrogens with two attached hydrogens (primary N) is 1. The van der Waals surface area contributed by atoms with E-state index in [-0.39, 0.29) is 5.82 Å². The van der Waals surface area contributed by atoms with E-state index in [0.29, 0.717) is 39.2 Å². The number of halogens is 2. The molecule has 8 heteroatoms. The minimum atomic E-state index is -0.360. The number of anilines is 2. The van der Waals surface area contributed by atoms with Crippen LogP contribution in [0.1, 0.15) is 19.3 Å². The maximum atomic E-state index is 13.8. The summed E-state index contributed by atoms with van der Waals surface area (Å²) in [6, 6.07) is 13.6. The van der Waals surface area contributed by atoms with Gasteiger partial charge in [0.05, 0.1) is 16.8 Å². The Morgan fingerprint density at radius 2 is 1.77 bits per heavy atom. The van der Waals surface area contributed by atoms with Gasteiger partial charge in [0.2, 0.25) is 5.95 Å². The van der Waals surface area contributed by atoms with Crippen LogP contribution in [0.15, 0.2) is 48.5 Å². The van der Waals surface area contributed by atoms with E-state index in [1.54, 1.807) is 12.1 Å². The van der Waals surface area contributed by atoms with Crippen LogP contribution in [-0.4, -0.2) is 32.8 Å². The molecule has 0 aliphatic carbocycles. The molecule has 4 aromatic rings. The van der Waals surface area contributed by atoms with Crippen LogP contribution in [0.2, 0.25) is 5.02 Å². The predicted molar refractivity (Wildman–Crippen MR) is 118 cm³/mol. The summed E-state index contributed by atoms with van der Waals surface area (Å²) in [6.45, 7) is 1.81. The molecule has 0 radical (unpaired) electrons. The quantitative estimate of drug-likeness (QED) is 0.511. The lowest BCUT2D eigenvalue weighted by molar-refractivity contribution is 0.569. The maximum absolute atomic E-state index is 13.8. The Balaban J connectivity index is 1.76. The Kier molecular flexibility index (Phi) is 4.75. The molecule has 0 unspecified atom stereocenters. The molecule has 1 aliphatic rings. The molecule has 30 heavy (non-hydrogen) atoms.